The van der Waals surface area contributed by atoms with Gasteiger partial charge in [-0.3, -0.25) is 14.5 Å². The van der Waals surface area contributed by atoms with E-state index < -0.39 is 0 Å². The lowest BCUT2D eigenvalue weighted by molar-refractivity contribution is -0.125. The number of amides is 2. The lowest BCUT2D eigenvalue weighted by atomic mass is 9.95. The van der Waals surface area contributed by atoms with Crippen LogP contribution in [0.2, 0.25) is 0 Å². The van der Waals surface area contributed by atoms with Crippen LogP contribution in [0.15, 0.2) is 18.2 Å². The Balaban J connectivity index is 1.74. The minimum Gasteiger partial charge on any atom is -0.482 e. The zero-order chi connectivity index (χ0) is 17.8. The second kappa shape index (κ2) is 7.87. The summed E-state index contributed by atoms with van der Waals surface area (Å²) in [6, 6.07) is 5.76. The van der Waals surface area contributed by atoms with E-state index in [0.717, 1.165) is 37.7 Å². The topological polar surface area (TPSA) is 84.7 Å². The van der Waals surface area contributed by atoms with E-state index >= 15 is 0 Å². The zero-order valence-corrected chi connectivity index (χ0v) is 14.8. The monoisotopic (exact) mass is 345 g/mol. The maximum atomic E-state index is 12.4. The SMILES string of the molecule is CCC(N)c1ccc2c(c1)N(CC(=O)NC1CCCCC1)C(=O)CO2. The summed E-state index contributed by atoms with van der Waals surface area (Å²) in [5.74, 6) is 0.309. The van der Waals surface area contributed by atoms with Gasteiger partial charge in [-0.1, -0.05) is 32.3 Å². The molecule has 2 amide bonds. The first-order valence-electron chi connectivity index (χ1n) is 9.20. The minimum atomic E-state index is -0.200. The highest BCUT2D eigenvalue weighted by Crippen LogP contribution is 2.34. The van der Waals surface area contributed by atoms with Gasteiger partial charge in [-0.15, -0.1) is 0 Å². The number of nitrogens with one attached hydrogen (secondary N) is 1. The fraction of sp³-hybridized carbons (Fsp3) is 0.579. The second-order valence-electron chi connectivity index (χ2n) is 6.91. The van der Waals surface area contributed by atoms with Gasteiger partial charge >= 0.3 is 0 Å². The van der Waals surface area contributed by atoms with Crippen molar-refractivity contribution in [1.82, 2.24) is 5.32 Å². The molecule has 0 bridgehead atoms. The van der Waals surface area contributed by atoms with E-state index in [4.69, 9.17) is 10.5 Å². The zero-order valence-electron chi connectivity index (χ0n) is 14.8. The molecule has 0 spiro atoms. The van der Waals surface area contributed by atoms with E-state index in [9.17, 15) is 9.59 Å². The van der Waals surface area contributed by atoms with Crippen LogP contribution in [-0.4, -0.2) is 31.0 Å². The molecule has 1 aromatic rings. The first-order valence-corrected chi connectivity index (χ1v) is 9.20. The van der Waals surface area contributed by atoms with Crippen molar-refractivity contribution in [1.29, 1.82) is 0 Å². The van der Waals surface area contributed by atoms with Crippen LogP contribution in [-0.2, 0) is 9.59 Å². The number of rotatable bonds is 5. The summed E-state index contributed by atoms with van der Waals surface area (Å²) in [7, 11) is 0. The van der Waals surface area contributed by atoms with Crippen molar-refractivity contribution in [3.63, 3.8) is 0 Å². The third kappa shape index (κ3) is 4.12. The van der Waals surface area contributed by atoms with Gasteiger partial charge in [-0.2, -0.15) is 0 Å². The van der Waals surface area contributed by atoms with Gasteiger partial charge in [0.15, 0.2) is 6.61 Å². The van der Waals surface area contributed by atoms with Gasteiger partial charge in [-0.05, 0) is 37.0 Å². The molecule has 1 aromatic carbocycles. The number of carbonyl (C=O) groups is 2. The molecule has 3 rings (SSSR count). The van der Waals surface area contributed by atoms with Crippen molar-refractivity contribution in [3.05, 3.63) is 23.8 Å². The van der Waals surface area contributed by atoms with Gasteiger partial charge in [0.05, 0.1) is 5.69 Å². The Morgan fingerprint density at radius 3 is 2.84 bits per heavy atom. The van der Waals surface area contributed by atoms with Crippen molar-refractivity contribution < 1.29 is 14.3 Å². The number of hydrogen-bond donors (Lipinski definition) is 2. The van der Waals surface area contributed by atoms with Crippen LogP contribution in [0.1, 0.15) is 57.1 Å². The lowest BCUT2D eigenvalue weighted by Gasteiger charge is -2.31. The Bertz CT molecular complexity index is 641. The van der Waals surface area contributed by atoms with Gasteiger partial charge in [0.25, 0.3) is 5.91 Å². The smallest absolute Gasteiger partial charge is 0.265 e. The standard InChI is InChI=1S/C19H27N3O3/c1-2-15(20)13-8-9-17-16(10-13)22(19(24)12-25-17)11-18(23)21-14-6-4-3-5-7-14/h8-10,14-15H,2-7,11-12,20H2,1H3,(H,21,23). The lowest BCUT2D eigenvalue weighted by Crippen LogP contribution is -2.47. The number of ether oxygens (including phenoxy) is 1. The average Bonchev–Trinajstić information content (AvgIpc) is 2.64. The predicted molar refractivity (Wildman–Crippen MR) is 96.5 cm³/mol. The molecule has 2 aliphatic rings. The van der Waals surface area contributed by atoms with Gasteiger partial charge < -0.3 is 15.8 Å². The summed E-state index contributed by atoms with van der Waals surface area (Å²) in [4.78, 5) is 26.3. The van der Waals surface area contributed by atoms with E-state index in [1.54, 1.807) is 0 Å². The van der Waals surface area contributed by atoms with E-state index in [1.165, 1.54) is 11.3 Å². The molecule has 6 heteroatoms. The summed E-state index contributed by atoms with van der Waals surface area (Å²) < 4.78 is 5.50. The van der Waals surface area contributed by atoms with Crippen molar-refractivity contribution >= 4 is 17.5 Å². The first kappa shape index (κ1) is 17.7. The van der Waals surface area contributed by atoms with E-state index in [2.05, 4.69) is 5.32 Å². The number of nitrogens with zero attached hydrogens (tertiary/aromatic N) is 1. The molecule has 1 aliphatic carbocycles. The third-order valence-electron chi connectivity index (χ3n) is 5.07. The normalized spacial score (nSPS) is 19.1. The molecule has 1 unspecified atom stereocenters. The van der Waals surface area contributed by atoms with E-state index in [1.807, 2.05) is 25.1 Å². The summed E-state index contributed by atoms with van der Waals surface area (Å²) in [5, 5.41) is 3.07. The highest BCUT2D eigenvalue weighted by Gasteiger charge is 2.28. The van der Waals surface area contributed by atoms with Crippen LogP contribution in [0.3, 0.4) is 0 Å². The molecule has 0 saturated heterocycles. The molecule has 0 radical (unpaired) electrons. The number of carbonyl (C=O) groups excluding carboxylic acids is 2. The Morgan fingerprint density at radius 2 is 2.12 bits per heavy atom. The number of nitrogens with two attached hydrogens (primary N) is 1. The Morgan fingerprint density at radius 1 is 1.36 bits per heavy atom. The molecule has 25 heavy (non-hydrogen) atoms. The van der Waals surface area contributed by atoms with Crippen LogP contribution < -0.4 is 20.7 Å². The van der Waals surface area contributed by atoms with Gasteiger partial charge in [0, 0.05) is 12.1 Å². The van der Waals surface area contributed by atoms with Gasteiger partial charge in [0.1, 0.15) is 12.3 Å². The summed E-state index contributed by atoms with van der Waals surface area (Å²) in [6.07, 6.45) is 6.40. The molecular weight excluding hydrogens is 318 g/mol. The highest BCUT2D eigenvalue weighted by molar-refractivity contribution is 6.02. The quantitative estimate of drug-likeness (QED) is 0.857. The third-order valence-corrected chi connectivity index (χ3v) is 5.07. The number of benzene rings is 1. The van der Waals surface area contributed by atoms with Crippen LogP contribution in [0.25, 0.3) is 0 Å². The van der Waals surface area contributed by atoms with E-state index in [0.29, 0.717) is 11.4 Å². The Kier molecular flexibility index (Phi) is 5.58. The molecule has 136 valence electrons. The molecule has 6 nitrogen and oxygen atoms in total. The minimum absolute atomic E-state index is 0.0243. The van der Waals surface area contributed by atoms with Crippen molar-refractivity contribution in [3.8, 4) is 5.75 Å². The van der Waals surface area contributed by atoms with Gasteiger partial charge in [0.2, 0.25) is 5.91 Å². The van der Waals surface area contributed by atoms with Crippen molar-refractivity contribution in [2.75, 3.05) is 18.1 Å². The van der Waals surface area contributed by atoms with Crippen LogP contribution in [0, 0.1) is 0 Å². The molecule has 1 aliphatic heterocycles. The number of anilines is 1. The summed E-state index contributed by atoms with van der Waals surface area (Å²) >= 11 is 0. The van der Waals surface area contributed by atoms with Crippen LogP contribution in [0.5, 0.6) is 5.75 Å². The number of hydrogen-bond acceptors (Lipinski definition) is 4. The highest BCUT2D eigenvalue weighted by atomic mass is 16.5. The summed E-state index contributed by atoms with van der Waals surface area (Å²) in [6.45, 7) is 2.00. The van der Waals surface area contributed by atoms with Crippen molar-refractivity contribution in [2.24, 2.45) is 5.73 Å². The fourth-order valence-corrected chi connectivity index (χ4v) is 3.52. The fourth-order valence-electron chi connectivity index (χ4n) is 3.52. The summed E-state index contributed by atoms with van der Waals surface area (Å²) in [5.41, 5.74) is 7.69. The maximum Gasteiger partial charge on any atom is 0.265 e. The Labute approximate surface area is 148 Å². The largest absolute Gasteiger partial charge is 0.482 e. The van der Waals surface area contributed by atoms with Crippen LogP contribution >= 0.6 is 0 Å². The van der Waals surface area contributed by atoms with Crippen LogP contribution in [0.4, 0.5) is 5.69 Å². The average molecular weight is 345 g/mol. The molecule has 3 N–H and O–H groups in total. The van der Waals surface area contributed by atoms with Gasteiger partial charge in [-0.25, -0.2) is 0 Å². The Hall–Kier alpha value is -2.08. The molecule has 0 aromatic heterocycles. The first-order chi connectivity index (χ1) is 12.1. The number of fused-ring (bicyclic) bond motifs is 1. The maximum absolute atomic E-state index is 12.4. The molecule has 1 fully saturated rings. The predicted octanol–water partition coefficient (Wildman–Crippen LogP) is 2.27. The van der Waals surface area contributed by atoms with Crippen molar-refractivity contribution in [2.45, 2.75) is 57.5 Å². The van der Waals surface area contributed by atoms with E-state index in [-0.39, 0.29) is 37.0 Å². The molecule has 1 atom stereocenters. The molecular formula is C19H27N3O3. The molecule has 1 saturated carbocycles. The second-order valence-corrected chi connectivity index (χ2v) is 6.91. The molecule has 1 heterocycles.